The predicted molar refractivity (Wildman–Crippen MR) is 97.6 cm³/mol. The fourth-order valence-electron chi connectivity index (χ4n) is 2.37. The predicted octanol–water partition coefficient (Wildman–Crippen LogP) is 1.96. The molecule has 1 aromatic carbocycles. The Morgan fingerprint density at radius 1 is 1.12 bits per heavy atom. The molecule has 0 saturated carbocycles. The van der Waals surface area contributed by atoms with Crippen molar-refractivity contribution in [3.8, 4) is 5.75 Å². The standard InChI is InChI=1S/C19H30N2O4/c1-15-7-9-17(10-8-15)25-14-18(22)21(12-6-11-20(3)4)13-16(2)19(23)24-5/h7-10,16H,6,11-14H2,1-5H3. The van der Waals surface area contributed by atoms with E-state index in [9.17, 15) is 9.59 Å². The lowest BCUT2D eigenvalue weighted by Gasteiger charge is -2.25. The van der Waals surface area contributed by atoms with Crippen molar-refractivity contribution in [2.75, 3.05) is 47.4 Å². The monoisotopic (exact) mass is 350 g/mol. The Balaban J connectivity index is 2.62. The van der Waals surface area contributed by atoms with E-state index in [1.165, 1.54) is 7.11 Å². The normalized spacial score (nSPS) is 11.9. The summed E-state index contributed by atoms with van der Waals surface area (Å²) < 4.78 is 10.3. The molecule has 6 nitrogen and oxygen atoms in total. The molecule has 0 aliphatic carbocycles. The third-order valence-corrected chi connectivity index (χ3v) is 3.87. The van der Waals surface area contributed by atoms with Gasteiger partial charge in [0.25, 0.3) is 5.91 Å². The molecule has 1 amide bonds. The van der Waals surface area contributed by atoms with Crippen LogP contribution in [0.2, 0.25) is 0 Å². The molecule has 140 valence electrons. The zero-order valence-electron chi connectivity index (χ0n) is 15.9. The van der Waals surface area contributed by atoms with Gasteiger partial charge in [-0.05, 0) is 46.1 Å². The molecule has 1 unspecified atom stereocenters. The smallest absolute Gasteiger partial charge is 0.310 e. The SMILES string of the molecule is COC(=O)C(C)CN(CCCN(C)C)C(=O)COc1ccc(C)cc1. The maximum absolute atomic E-state index is 12.5. The highest BCUT2D eigenvalue weighted by molar-refractivity contribution is 5.79. The van der Waals surface area contributed by atoms with Crippen LogP contribution in [0, 0.1) is 12.8 Å². The molecule has 0 radical (unpaired) electrons. The first-order valence-corrected chi connectivity index (χ1v) is 8.53. The first-order chi connectivity index (χ1) is 11.8. The van der Waals surface area contributed by atoms with Crippen LogP contribution >= 0.6 is 0 Å². The van der Waals surface area contributed by atoms with Gasteiger partial charge < -0.3 is 19.3 Å². The minimum atomic E-state index is -0.368. The zero-order chi connectivity index (χ0) is 18.8. The molecule has 0 bridgehead atoms. The number of amides is 1. The number of carbonyl (C=O) groups excluding carboxylic acids is 2. The zero-order valence-corrected chi connectivity index (χ0v) is 15.9. The minimum Gasteiger partial charge on any atom is -0.484 e. The van der Waals surface area contributed by atoms with Crippen LogP contribution in [-0.2, 0) is 14.3 Å². The quantitative estimate of drug-likeness (QED) is 0.604. The van der Waals surface area contributed by atoms with Crippen molar-refractivity contribution >= 4 is 11.9 Å². The van der Waals surface area contributed by atoms with Crippen LogP contribution in [0.15, 0.2) is 24.3 Å². The van der Waals surface area contributed by atoms with E-state index in [4.69, 9.17) is 9.47 Å². The lowest BCUT2D eigenvalue weighted by molar-refractivity contribution is -0.146. The summed E-state index contributed by atoms with van der Waals surface area (Å²) >= 11 is 0. The Kier molecular flexibility index (Phi) is 8.99. The van der Waals surface area contributed by atoms with Gasteiger partial charge in [-0.3, -0.25) is 9.59 Å². The Labute approximate surface area is 150 Å². The van der Waals surface area contributed by atoms with Crippen LogP contribution in [0.1, 0.15) is 18.9 Å². The first-order valence-electron chi connectivity index (χ1n) is 8.53. The Morgan fingerprint density at radius 2 is 1.76 bits per heavy atom. The van der Waals surface area contributed by atoms with E-state index >= 15 is 0 Å². The van der Waals surface area contributed by atoms with Crippen molar-refractivity contribution < 1.29 is 19.1 Å². The van der Waals surface area contributed by atoms with Crippen molar-refractivity contribution in [2.45, 2.75) is 20.3 Å². The Hall–Kier alpha value is -2.08. The highest BCUT2D eigenvalue weighted by Crippen LogP contribution is 2.12. The van der Waals surface area contributed by atoms with Crippen LogP contribution < -0.4 is 4.74 Å². The van der Waals surface area contributed by atoms with Gasteiger partial charge >= 0.3 is 5.97 Å². The number of nitrogens with zero attached hydrogens (tertiary/aromatic N) is 2. The summed E-state index contributed by atoms with van der Waals surface area (Å²) in [6.07, 6.45) is 0.831. The van der Waals surface area contributed by atoms with Gasteiger partial charge in [-0.2, -0.15) is 0 Å². The molecule has 25 heavy (non-hydrogen) atoms. The van der Waals surface area contributed by atoms with Gasteiger partial charge in [0.2, 0.25) is 0 Å². The van der Waals surface area contributed by atoms with E-state index in [1.54, 1.807) is 11.8 Å². The molecule has 0 heterocycles. The maximum atomic E-state index is 12.5. The number of esters is 1. The van der Waals surface area contributed by atoms with Gasteiger partial charge in [0, 0.05) is 13.1 Å². The number of aryl methyl sites for hydroxylation is 1. The van der Waals surface area contributed by atoms with Crippen LogP contribution in [0.3, 0.4) is 0 Å². The van der Waals surface area contributed by atoms with E-state index < -0.39 is 0 Å². The van der Waals surface area contributed by atoms with E-state index in [-0.39, 0.29) is 24.4 Å². The van der Waals surface area contributed by atoms with Crippen LogP contribution in [0.4, 0.5) is 0 Å². The van der Waals surface area contributed by atoms with E-state index in [0.29, 0.717) is 18.8 Å². The van der Waals surface area contributed by atoms with E-state index in [1.807, 2.05) is 45.3 Å². The number of benzene rings is 1. The van der Waals surface area contributed by atoms with Crippen molar-refractivity contribution in [1.82, 2.24) is 9.80 Å². The van der Waals surface area contributed by atoms with Crippen LogP contribution in [0.5, 0.6) is 5.75 Å². The molecule has 1 rings (SSSR count). The average Bonchev–Trinajstić information content (AvgIpc) is 2.58. The Bertz CT molecular complexity index is 543. The molecular formula is C19H30N2O4. The van der Waals surface area contributed by atoms with Gasteiger partial charge in [0.05, 0.1) is 13.0 Å². The van der Waals surface area contributed by atoms with Crippen molar-refractivity contribution in [3.05, 3.63) is 29.8 Å². The van der Waals surface area contributed by atoms with E-state index in [2.05, 4.69) is 4.90 Å². The van der Waals surface area contributed by atoms with E-state index in [0.717, 1.165) is 18.5 Å². The highest BCUT2D eigenvalue weighted by Gasteiger charge is 2.21. The van der Waals surface area contributed by atoms with Crippen molar-refractivity contribution in [2.24, 2.45) is 5.92 Å². The topological polar surface area (TPSA) is 59.1 Å². The molecule has 0 fully saturated rings. The summed E-state index contributed by atoms with van der Waals surface area (Å²) in [4.78, 5) is 27.9. The molecular weight excluding hydrogens is 320 g/mol. The largest absolute Gasteiger partial charge is 0.484 e. The fourth-order valence-corrected chi connectivity index (χ4v) is 2.37. The third kappa shape index (κ3) is 8.03. The number of methoxy groups -OCH3 is 1. The molecule has 0 aliphatic rings. The first kappa shape index (κ1) is 21.0. The lowest BCUT2D eigenvalue weighted by Crippen LogP contribution is -2.41. The number of carbonyl (C=O) groups is 2. The summed E-state index contributed by atoms with van der Waals surface area (Å²) in [5.74, 6) is -0.152. The van der Waals surface area contributed by atoms with Crippen LogP contribution in [-0.4, -0.2) is 69.1 Å². The van der Waals surface area contributed by atoms with Gasteiger partial charge in [-0.1, -0.05) is 24.6 Å². The van der Waals surface area contributed by atoms with Gasteiger partial charge in [-0.15, -0.1) is 0 Å². The minimum absolute atomic E-state index is 0.0427. The molecule has 0 saturated heterocycles. The summed E-state index contributed by atoms with van der Waals surface area (Å²) in [6.45, 7) is 5.49. The van der Waals surface area contributed by atoms with Crippen molar-refractivity contribution in [3.63, 3.8) is 0 Å². The summed E-state index contributed by atoms with van der Waals surface area (Å²) in [5, 5.41) is 0. The number of hydrogen-bond donors (Lipinski definition) is 0. The Morgan fingerprint density at radius 3 is 2.32 bits per heavy atom. The van der Waals surface area contributed by atoms with Gasteiger partial charge in [0.1, 0.15) is 5.75 Å². The molecule has 0 aromatic heterocycles. The molecule has 6 heteroatoms. The summed E-state index contributed by atoms with van der Waals surface area (Å²) in [5.41, 5.74) is 1.14. The average molecular weight is 350 g/mol. The second kappa shape index (κ2) is 10.7. The third-order valence-electron chi connectivity index (χ3n) is 3.87. The molecule has 0 N–H and O–H groups in total. The summed E-state index contributed by atoms with van der Waals surface area (Å²) in [6, 6.07) is 7.56. The molecule has 1 aromatic rings. The number of rotatable bonds is 10. The summed E-state index contributed by atoms with van der Waals surface area (Å²) in [7, 11) is 5.34. The highest BCUT2D eigenvalue weighted by atomic mass is 16.5. The second-order valence-corrected chi connectivity index (χ2v) is 6.52. The van der Waals surface area contributed by atoms with Crippen molar-refractivity contribution in [1.29, 1.82) is 0 Å². The molecule has 0 aliphatic heterocycles. The molecule has 0 spiro atoms. The number of hydrogen-bond acceptors (Lipinski definition) is 5. The van der Waals surface area contributed by atoms with Gasteiger partial charge in [-0.25, -0.2) is 0 Å². The second-order valence-electron chi connectivity index (χ2n) is 6.52. The maximum Gasteiger partial charge on any atom is 0.310 e. The molecule has 1 atom stereocenters. The van der Waals surface area contributed by atoms with Gasteiger partial charge in [0.15, 0.2) is 6.61 Å². The lowest BCUT2D eigenvalue weighted by atomic mass is 10.1. The van der Waals surface area contributed by atoms with Crippen LogP contribution in [0.25, 0.3) is 0 Å². The number of ether oxygens (including phenoxy) is 2. The fraction of sp³-hybridized carbons (Fsp3) is 0.579.